The third kappa shape index (κ3) is 5.08. The topological polar surface area (TPSA) is 141 Å². The van der Waals surface area contributed by atoms with Crippen molar-refractivity contribution >= 4 is 40.5 Å². The van der Waals surface area contributed by atoms with E-state index < -0.39 is 16.5 Å². The molecule has 0 aliphatic heterocycles. The predicted octanol–water partition coefficient (Wildman–Crippen LogP) is 3.56. The van der Waals surface area contributed by atoms with Crippen LogP contribution in [-0.2, 0) is 0 Å². The number of rotatable bonds is 8. The molecule has 1 aromatic heterocycles. The fourth-order valence-electron chi connectivity index (χ4n) is 2.59. The number of hydrogen-bond acceptors (Lipinski definition) is 9. The van der Waals surface area contributed by atoms with E-state index in [-0.39, 0.29) is 17.2 Å². The molecular formula is C19H17ClN6O5. The summed E-state index contributed by atoms with van der Waals surface area (Å²) in [5.74, 6) is 0.0230. The van der Waals surface area contributed by atoms with Gasteiger partial charge in [-0.2, -0.15) is 0 Å². The SMILES string of the molecule is COc1ccc(OC)c(Nc2ncnc(NNC(=O)c3cccc(Cl)c3)c2[N+](=O)[O-])c1. The first-order chi connectivity index (χ1) is 14.9. The van der Waals surface area contributed by atoms with Crippen molar-refractivity contribution in [1.29, 1.82) is 0 Å². The van der Waals surface area contributed by atoms with Crippen LogP contribution in [0.4, 0.5) is 23.0 Å². The molecule has 3 rings (SSSR count). The fourth-order valence-corrected chi connectivity index (χ4v) is 2.78. The molecule has 0 fully saturated rings. The third-order valence-electron chi connectivity index (χ3n) is 4.05. The minimum Gasteiger partial charge on any atom is -0.497 e. The van der Waals surface area contributed by atoms with Crippen molar-refractivity contribution in [2.75, 3.05) is 25.0 Å². The van der Waals surface area contributed by atoms with Crippen molar-refractivity contribution < 1.29 is 19.2 Å². The zero-order valence-electron chi connectivity index (χ0n) is 16.4. The van der Waals surface area contributed by atoms with Gasteiger partial charge in [-0.05, 0) is 30.3 Å². The number of hydrazine groups is 1. The second kappa shape index (κ2) is 9.59. The molecule has 31 heavy (non-hydrogen) atoms. The number of amides is 1. The van der Waals surface area contributed by atoms with E-state index in [2.05, 4.69) is 26.1 Å². The average Bonchev–Trinajstić information content (AvgIpc) is 2.77. The van der Waals surface area contributed by atoms with Crippen molar-refractivity contribution in [3.05, 3.63) is 69.5 Å². The highest BCUT2D eigenvalue weighted by Crippen LogP contribution is 2.35. The van der Waals surface area contributed by atoms with Gasteiger partial charge < -0.3 is 14.8 Å². The fraction of sp³-hybridized carbons (Fsp3) is 0.105. The second-order valence-corrected chi connectivity index (χ2v) is 6.39. The van der Waals surface area contributed by atoms with E-state index in [0.29, 0.717) is 22.2 Å². The van der Waals surface area contributed by atoms with Gasteiger partial charge >= 0.3 is 5.69 Å². The molecule has 12 heteroatoms. The van der Waals surface area contributed by atoms with Crippen molar-refractivity contribution in [1.82, 2.24) is 15.4 Å². The summed E-state index contributed by atoms with van der Waals surface area (Å²) in [6.07, 6.45) is 1.11. The number of nitrogens with zero attached hydrogens (tertiary/aromatic N) is 3. The Balaban J connectivity index is 1.88. The number of carbonyl (C=O) groups is 1. The molecule has 11 nitrogen and oxygen atoms in total. The minimum atomic E-state index is -0.678. The normalized spacial score (nSPS) is 10.2. The molecule has 3 aromatic rings. The Morgan fingerprint density at radius 3 is 2.55 bits per heavy atom. The van der Waals surface area contributed by atoms with Crippen molar-refractivity contribution in [3.8, 4) is 11.5 Å². The zero-order chi connectivity index (χ0) is 22.4. The van der Waals surface area contributed by atoms with E-state index in [4.69, 9.17) is 21.1 Å². The summed E-state index contributed by atoms with van der Waals surface area (Å²) in [4.78, 5) is 31.2. The molecule has 0 unspecified atom stereocenters. The maximum atomic E-state index is 12.3. The Kier molecular flexibility index (Phi) is 6.67. The summed E-state index contributed by atoms with van der Waals surface area (Å²) in [6, 6.07) is 11.1. The minimum absolute atomic E-state index is 0.119. The molecule has 0 spiro atoms. The van der Waals surface area contributed by atoms with Crippen LogP contribution in [0.2, 0.25) is 5.02 Å². The molecule has 0 aliphatic rings. The Morgan fingerprint density at radius 2 is 1.87 bits per heavy atom. The summed E-state index contributed by atoms with van der Waals surface area (Å²) in [5, 5.41) is 15.0. The molecule has 0 saturated heterocycles. The van der Waals surface area contributed by atoms with Crippen LogP contribution < -0.4 is 25.6 Å². The van der Waals surface area contributed by atoms with Gasteiger partial charge in [0.05, 0.1) is 24.8 Å². The largest absolute Gasteiger partial charge is 0.497 e. The van der Waals surface area contributed by atoms with Crippen LogP contribution in [0.15, 0.2) is 48.8 Å². The van der Waals surface area contributed by atoms with Gasteiger partial charge in [-0.25, -0.2) is 9.97 Å². The van der Waals surface area contributed by atoms with Gasteiger partial charge in [-0.3, -0.25) is 25.8 Å². The zero-order valence-corrected chi connectivity index (χ0v) is 17.1. The van der Waals surface area contributed by atoms with Gasteiger partial charge in [0.25, 0.3) is 5.91 Å². The van der Waals surface area contributed by atoms with Gasteiger partial charge in [0.2, 0.25) is 11.6 Å². The third-order valence-corrected chi connectivity index (χ3v) is 4.28. The Labute approximate surface area is 181 Å². The van der Waals surface area contributed by atoms with E-state index in [0.717, 1.165) is 6.33 Å². The summed E-state index contributed by atoms with van der Waals surface area (Å²) < 4.78 is 10.4. The lowest BCUT2D eigenvalue weighted by molar-refractivity contribution is -0.383. The van der Waals surface area contributed by atoms with Crippen molar-refractivity contribution in [2.45, 2.75) is 0 Å². The average molecular weight is 445 g/mol. The number of anilines is 3. The van der Waals surface area contributed by atoms with Crippen LogP contribution in [0.3, 0.4) is 0 Å². The monoisotopic (exact) mass is 444 g/mol. The molecule has 0 bridgehead atoms. The van der Waals surface area contributed by atoms with E-state index in [9.17, 15) is 14.9 Å². The summed E-state index contributed by atoms with van der Waals surface area (Å²) in [6.45, 7) is 0. The summed E-state index contributed by atoms with van der Waals surface area (Å²) >= 11 is 5.88. The van der Waals surface area contributed by atoms with Crippen LogP contribution >= 0.6 is 11.6 Å². The lowest BCUT2D eigenvalue weighted by atomic mass is 10.2. The number of methoxy groups -OCH3 is 2. The number of aromatic nitrogens is 2. The standard InChI is InChI=1S/C19H17ClN6O5/c1-30-13-6-7-15(31-2)14(9-13)23-17-16(26(28)29)18(22-10-21-17)24-25-19(27)11-4-3-5-12(20)8-11/h3-10H,1-2H3,(H,25,27)(H2,21,22,23,24). The lowest BCUT2D eigenvalue weighted by Crippen LogP contribution is -2.30. The molecule has 0 saturated carbocycles. The summed E-state index contributed by atoms with van der Waals surface area (Å²) in [5.41, 5.74) is 4.97. The number of nitro groups is 1. The number of carbonyl (C=O) groups excluding carboxylic acids is 1. The van der Waals surface area contributed by atoms with Gasteiger partial charge in [0.15, 0.2) is 0 Å². The molecule has 1 heterocycles. The smallest absolute Gasteiger partial charge is 0.355 e. The highest BCUT2D eigenvalue weighted by atomic mass is 35.5. The Hall–Kier alpha value is -4.12. The first-order valence-corrected chi connectivity index (χ1v) is 9.11. The predicted molar refractivity (Wildman–Crippen MR) is 114 cm³/mol. The molecule has 1 amide bonds. The van der Waals surface area contributed by atoms with E-state index in [1.54, 1.807) is 36.4 Å². The molecule has 0 aliphatic carbocycles. The maximum absolute atomic E-state index is 12.3. The van der Waals surface area contributed by atoms with Crippen LogP contribution in [-0.4, -0.2) is 35.0 Å². The number of benzene rings is 2. The highest BCUT2D eigenvalue weighted by molar-refractivity contribution is 6.30. The van der Waals surface area contributed by atoms with E-state index >= 15 is 0 Å². The lowest BCUT2D eigenvalue weighted by Gasteiger charge is -2.13. The molecule has 2 aromatic carbocycles. The van der Waals surface area contributed by atoms with Crippen LogP contribution in [0.5, 0.6) is 11.5 Å². The first kappa shape index (κ1) is 21.6. The Morgan fingerprint density at radius 1 is 1.10 bits per heavy atom. The van der Waals surface area contributed by atoms with Crippen molar-refractivity contribution in [3.63, 3.8) is 0 Å². The van der Waals surface area contributed by atoms with Gasteiger partial charge in [0.1, 0.15) is 17.8 Å². The molecule has 0 atom stereocenters. The molecular weight excluding hydrogens is 428 g/mol. The quantitative estimate of drug-likeness (QED) is 0.351. The van der Waals surface area contributed by atoms with Gasteiger partial charge in [0, 0.05) is 16.7 Å². The number of halogens is 1. The van der Waals surface area contributed by atoms with E-state index in [1.807, 2.05) is 0 Å². The van der Waals surface area contributed by atoms with Crippen molar-refractivity contribution in [2.24, 2.45) is 0 Å². The maximum Gasteiger partial charge on any atom is 0.355 e. The van der Waals surface area contributed by atoms with Crippen LogP contribution in [0.1, 0.15) is 10.4 Å². The summed E-state index contributed by atoms with van der Waals surface area (Å²) in [7, 11) is 2.95. The van der Waals surface area contributed by atoms with Crippen LogP contribution in [0.25, 0.3) is 0 Å². The highest BCUT2D eigenvalue weighted by Gasteiger charge is 2.24. The van der Waals surface area contributed by atoms with Crippen LogP contribution in [0, 0.1) is 10.1 Å². The second-order valence-electron chi connectivity index (χ2n) is 5.96. The Bertz CT molecular complexity index is 1130. The molecule has 0 radical (unpaired) electrons. The molecule has 3 N–H and O–H groups in total. The number of ether oxygens (including phenoxy) is 2. The van der Waals surface area contributed by atoms with E-state index in [1.165, 1.54) is 20.3 Å². The number of nitrogens with one attached hydrogen (secondary N) is 3. The first-order valence-electron chi connectivity index (χ1n) is 8.73. The van der Waals surface area contributed by atoms with Gasteiger partial charge in [-0.1, -0.05) is 17.7 Å². The number of hydrogen-bond donors (Lipinski definition) is 3. The molecule has 160 valence electrons. The van der Waals surface area contributed by atoms with Gasteiger partial charge in [-0.15, -0.1) is 0 Å².